The SMILES string of the molecule is CN(N)/C=C(\N)c1cnc2[nH]c(=O)[nH]c2c1. The van der Waals surface area contributed by atoms with Crippen molar-refractivity contribution in [2.24, 2.45) is 11.6 Å². The van der Waals surface area contributed by atoms with E-state index in [0.29, 0.717) is 22.4 Å². The van der Waals surface area contributed by atoms with Crippen LogP contribution in [0.1, 0.15) is 5.56 Å². The highest BCUT2D eigenvalue weighted by atomic mass is 16.1. The van der Waals surface area contributed by atoms with E-state index in [9.17, 15) is 4.79 Å². The van der Waals surface area contributed by atoms with Gasteiger partial charge in [-0.25, -0.2) is 15.6 Å². The molecule has 0 fully saturated rings. The molecule has 7 heteroatoms. The van der Waals surface area contributed by atoms with Crippen LogP contribution in [-0.2, 0) is 0 Å². The van der Waals surface area contributed by atoms with Gasteiger partial charge in [-0.3, -0.25) is 4.98 Å². The Morgan fingerprint density at radius 1 is 1.56 bits per heavy atom. The van der Waals surface area contributed by atoms with Crippen molar-refractivity contribution in [2.75, 3.05) is 7.05 Å². The van der Waals surface area contributed by atoms with Gasteiger partial charge in [-0.1, -0.05) is 0 Å². The van der Waals surface area contributed by atoms with Crippen molar-refractivity contribution in [1.82, 2.24) is 20.0 Å². The van der Waals surface area contributed by atoms with Crippen LogP contribution in [0.5, 0.6) is 0 Å². The van der Waals surface area contributed by atoms with Crippen LogP contribution in [0.2, 0.25) is 0 Å². The molecule has 0 radical (unpaired) electrons. The molecule has 0 saturated carbocycles. The summed E-state index contributed by atoms with van der Waals surface area (Å²) in [5.74, 6) is 5.44. The summed E-state index contributed by atoms with van der Waals surface area (Å²) in [4.78, 5) is 20.2. The summed E-state index contributed by atoms with van der Waals surface area (Å²) < 4.78 is 0. The number of pyridine rings is 1. The topological polar surface area (TPSA) is 117 Å². The van der Waals surface area contributed by atoms with Gasteiger partial charge in [0.2, 0.25) is 0 Å². The molecule has 7 nitrogen and oxygen atoms in total. The van der Waals surface area contributed by atoms with Crippen molar-refractivity contribution in [2.45, 2.75) is 0 Å². The Hall–Kier alpha value is -2.28. The van der Waals surface area contributed by atoms with Gasteiger partial charge < -0.3 is 15.7 Å². The standard InChI is InChI=1S/C9H12N6O/c1-15(11)4-6(10)5-2-7-8(12-3-5)14-9(16)13-7/h2-4H,10-11H2,1H3,(H2,12,13,14,16)/b6-4-. The van der Waals surface area contributed by atoms with Crippen molar-refractivity contribution >= 4 is 16.9 Å². The first-order valence-electron chi connectivity index (χ1n) is 4.59. The van der Waals surface area contributed by atoms with Crippen molar-refractivity contribution < 1.29 is 0 Å². The second kappa shape index (κ2) is 3.70. The van der Waals surface area contributed by atoms with Gasteiger partial charge in [-0.15, -0.1) is 0 Å². The number of aromatic nitrogens is 3. The lowest BCUT2D eigenvalue weighted by atomic mass is 10.2. The van der Waals surface area contributed by atoms with E-state index < -0.39 is 0 Å². The number of rotatable bonds is 2. The largest absolute Gasteiger partial charge is 0.397 e. The van der Waals surface area contributed by atoms with Crippen LogP contribution in [-0.4, -0.2) is 27.0 Å². The average Bonchev–Trinajstić information content (AvgIpc) is 2.55. The molecule has 0 aliphatic rings. The minimum atomic E-state index is -0.293. The van der Waals surface area contributed by atoms with Gasteiger partial charge in [0.25, 0.3) is 0 Å². The van der Waals surface area contributed by atoms with Crippen molar-refractivity contribution in [3.8, 4) is 0 Å². The fraction of sp³-hybridized carbons (Fsp3) is 0.111. The highest BCUT2D eigenvalue weighted by Gasteiger charge is 2.03. The van der Waals surface area contributed by atoms with Gasteiger partial charge in [0.15, 0.2) is 5.65 Å². The summed E-state index contributed by atoms with van der Waals surface area (Å²) in [6, 6.07) is 1.73. The number of nitrogens with zero attached hydrogens (tertiary/aromatic N) is 2. The zero-order chi connectivity index (χ0) is 11.7. The first-order chi connectivity index (χ1) is 7.56. The zero-order valence-electron chi connectivity index (χ0n) is 8.69. The summed E-state index contributed by atoms with van der Waals surface area (Å²) in [6.45, 7) is 0. The predicted molar refractivity (Wildman–Crippen MR) is 60.8 cm³/mol. The Morgan fingerprint density at radius 2 is 2.31 bits per heavy atom. The Bertz CT molecular complexity index is 593. The highest BCUT2D eigenvalue weighted by Crippen LogP contribution is 2.12. The summed E-state index contributed by atoms with van der Waals surface area (Å²) >= 11 is 0. The minimum Gasteiger partial charge on any atom is -0.397 e. The maximum absolute atomic E-state index is 11.0. The smallest absolute Gasteiger partial charge is 0.325 e. The van der Waals surface area contributed by atoms with E-state index in [4.69, 9.17) is 11.6 Å². The first-order valence-corrected chi connectivity index (χ1v) is 4.59. The number of H-pyrrole nitrogens is 2. The third-order valence-corrected chi connectivity index (χ3v) is 2.04. The van der Waals surface area contributed by atoms with Crippen LogP contribution in [0.3, 0.4) is 0 Å². The number of hydrazine groups is 1. The molecule has 0 bridgehead atoms. The van der Waals surface area contributed by atoms with Crippen LogP contribution >= 0.6 is 0 Å². The predicted octanol–water partition coefficient (Wildman–Crippen LogP) is -0.686. The molecule has 0 spiro atoms. The molecule has 2 rings (SSSR count). The second-order valence-corrected chi connectivity index (χ2v) is 3.45. The van der Waals surface area contributed by atoms with Gasteiger partial charge >= 0.3 is 5.69 Å². The van der Waals surface area contributed by atoms with Crippen molar-refractivity contribution in [1.29, 1.82) is 0 Å². The number of hydrogen-bond donors (Lipinski definition) is 4. The van der Waals surface area contributed by atoms with Crippen LogP contribution in [0.15, 0.2) is 23.3 Å². The number of nitrogens with one attached hydrogen (secondary N) is 2. The number of nitrogens with two attached hydrogens (primary N) is 2. The molecule has 0 atom stereocenters. The molecule has 2 aromatic heterocycles. The lowest BCUT2D eigenvalue weighted by Gasteiger charge is -2.07. The van der Waals surface area contributed by atoms with E-state index in [1.165, 1.54) is 5.01 Å². The Labute approximate surface area is 90.7 Å². The van der Waals surface area contributed by atoms with E-state index in [-0.39, 0.29) is 5.69 Å². The number of aromatic amines is 2. The highest BCUT2D eigenvalue weighted by molar-refractivity contribution is 5.75. The number of imidazole rings is 1. The van der Waals surface area contributed by atoms with Gasteiger partial charge in [-0.05, 0) is 6.07 Å². The molecule has 2 aromatic rings. The van der Waals surface area contributed by atoms with Gasteiger partial charge in [-0.2, -0.15) is 0 Å². The van der Waals surface area contributed by atoms with Crippen molar-refractivity contribution in [3.05, 3.63) is 34.5 Å². The molecular weight excluding hydrogens is 208 g/mol. The van der Waals surface area contributed by atoms with E-state index >= 15 is 0 Å². The molecule has 0 unspecified atom stereocenters. The molecular formula is C9H12N6O. The summed E-state index contributed by atoms with van der Waals surface area (Å²) in [6.07, 6.45) is 3.13. The Morgan fingerprint density at radius 3 is 3.00 bits per heavy atom. The number of fused-ring (bicyclic) bond motifs is 1. The third kappa shape index (κ3) is 1.89. The van der Waals surface area contributed by atoms with E-state index in [1.807, 2.05) is 0 Å². The maximum Gasteiger partial charge on any atom is 0.325 e. The minimum absolute atomic E-state index is 0.293. The Balaban J connectivity index is 2.50. The van der Waals surface area contributed by atoms with Crippen LogP contribution < -0.4 is 17.3 Å². The fourth-order valence-corrected chi connectivity index (χ4v) is 1.37. The normalized spacial score (nSPS) is 12.0. The molecule has 0 aromatic carbocycles. The van der Waals surface area contributed by atoms with Gasteiger partial charge in [0.05, 0.1) is 11.2 Å². The van der Waals surface area contributed by atoms with Crippen molar-refractivity contribution in [3.63, 3.8) is 0 Å². The molecule has 16 heavy (non-hydrogen) atoms. The first kappa shape index (κ1) is 10.2. The molecule has 0 saturated heterocycles. The van der Waals surface area contributed by atoms with Gasteiger partial charge in [0.1, 0.15) is 0 Å². The molecule has 84 valence electrons. The van der Waals surface area contributed by atoms with Crippen LogP contribution in [0, 0.1) is 0 Å². The molecule has 0 amide bonds. The number of hydrogen-bond acceptors (Lipinski definition) is 5. The Kier molecular flexibility index (Phi) is 2.37. The van der Waals surface area contributed by atoms with Crippen LogP contribution in [0.25, 0.3) is 16.9 Å². The van der Waals surface area contributed by atoms with Crippen LogP contribution in [0.4, 0.5) is 0 Å². The van der Waals surface area contributed by atoms with E-state index in [0.717, 1.165) is 0 Å². The summed E-state index contributed by atoms with van der Waals surface area (Å²) in [5.41, 5.74) is 7.78. The molecule has 6 N–H and O–H groups in total. The fourth-order valence-electron chi connectivity index (χ4n) is 1.37. The quantitative estimate of drug-likeness (QED) is 0.395. The maximum atomic E-state index is 11.0. The lowest BCUT2D eigenvalue weighted by molar-refractivity contribution is 0.486. The lowest BCUT2D eigenvalue weighted by Crippen LogP contribution is -2.20. The summed E-state index contributed by atoms with van der Waals surface area (Å²) in [7, 11) is 1.66. The van der Waals surface area contributed by atoms with Gasteiger partial charge in [0, 0.05) is 25.0 Å². The van der Waals surface area contributed by atoms with E-state index in [1.54, 1.807) is 25.5 Å². The monoisotopic (exact) mass is 220 g/mol. The third-order valence-electron chi connectivity index (χ3n) is 2.04. The van der Waals surface area contributed by atoms with E-state index in [2.05, 4.69) is 15.0 Å². The zero-order valence-corrected chi connectivity index (χ0v) is 8.69. The molecule has 0 aliphatic carbocycles. The molecule has 2 heterocycles. The average molecular weight is 220 g/mol. The molecule has 0 aliphatic heterocycles. The summed E-state index contributed by atoms with van der Waals surface area (Å²) in [5, 5.41) is 1.35. The second-order valence-electron chi connectivity index (χ2n) is 3.45.